The minimum absolute atomic E-state index is 0.220. The lowest BCUT2D eigenvalue weighted by Crippen LogP contribution is -2.17. The molecule has 3 aromatic carbocycles. The Morgan fingerprint density at radius 3 is 2.26 bits per heavy atom. The topological polar surface area (TPSA) is 46.4 Å². The van der Waals surface area contributed by atoms with Crippen LogP contribution in [0.15, 0.2) is 88.9 Å². The molecule has 1 aromatic heterocycles. The van der Waals surface area contributed by atoms with Gasteiger partial charge in [0.15, 0.2) is 0 Å². The summed E-state index contributed by atoms with van der Waals surface area (Å²) in [6.45, 7) is 8.42. The van der Waals surface area contributed by atoms with Crippen LogP contribution in [-0.4, -0.2) is 16.7 Å². The highest BCUT2D eigenvalue weighted by Gasteiger charge is 2.13. The monoisotopic (exact) mass is 467 g/mol. The van der Waals surface area contributed by atoms with E-state index < -0.39 is 0 Å². The summed E-state index contributed by atoms with van der Waals surface area (Å²) in [5.74, 6) is 0.641. The number of hydrogen-bond donors (Lipinski definition) is 1. The fourth-order valence-corrected chi connectivity index (χ4v) is 4.96. The molecule has 1 heterocycles. The van der Waals surface area contributed by atoms with Gasteiger partial charge in [-0.3, -0.25) is 4.79 Å². The van der Waals surface area contributed by atoms with Crippen LogP contribution in [-0.2, 0) is 5.75 Å². The van der Waals surface area contributed by atoms with Gasteiger partial charge in [-0.1, -0.05) is 48.5 Å². The Labute approximate surface area is 205 Å². The van der Waals surface area contributed by atoms with E-state index in [1.807, 2.05) is 42.5 Å². The molecule has 0 fully saturated rings. The number of carbonyl (C=O) groups excluding carboxylic acids is 1. The predicted molar refractivity (Wildman–Crippen MR) is 142 cm³/mol. The lowest BCUT2D eigenvalue weighted by molar-refractivity contribution is 0.0955. The van der Waals surface area contributed by atoms with Crippen LogP contribution in [0.3, 0.4) is 0 Å². The second-order valence-corrected chi connectivity index (χ2v) is 9.45. The summed E-state index contributed by atoms with van der Waals surface area (Å²) in [4.78, 5) is 13.8. The maximum atomic E-state index is 12.6. The number of nitrogens with one attached hydrogen (secondary N) is 1. The van der Waals surface area contributed by atoms with E-state index in [1.165, 1.54) is 27.3 Å². The molecule has 0 unspecified atom stereocenters. The number of nitrogens with zero attached hydrogens (tertiary/aromatic N) is 2. The second kappa shape index (κ2) is 10.6. The van der Waals surface area contributed by atoms with Gasteiger partial charge in [-0.2, -0.15) is 5.10 Å². The zero-order valence-electron chi connectivity index (χ0n) is 20.0. The Balaban J connectivity index is 1.40. The van der Waals surface area contributed by atoms with Gasteiger partial charge in [0, 0.05) is 33.2 Å². The minimum atomic E-state index is -0.220. The summed E-state index contributed by atoms with van der Waals surface area (Å²) in [6, 6.07) is 26.4. The average Bonchev–Trinajstić information content (AvgIpc) is 3.11. The van der Waals surface area contributed by atoms with Crippen molar-refractivity contribution in [3.8, 4) is 5.69 Å². The first-order valence-corrected chi connectivity index (χ1v) is 12.3. The molecule has 0 bridgehead atoms. The van der Waals surface area contributed by atoms with E-state index >= 15 is 0 Å². The summed E-state index contributed by atoms with van der Waals surface area (Å²) < 4.78 is 2.25. The zero-order valence-corrected chi connectivity index (χ0v) is 20.8. The lowest BCUT2D eigenvalue weighted by atomic mass is 10.1. The van der Waals surface area contributed by atoms with E-state index in [2.05, 4.69) is 79.2 Å². The molecule has 1 amide bonds. The first-order valence-electron chi connectivity index (χ1n) is 11.3. The molecule has 0 aliphatic rings. The third-order valence-electron chi connectivity index (χ3n) is 5.87. The SMILES string of the molecule is Cc1cccc(C)c1-n1c(C)cc(/C=N\NC(=O)c2ccc(CSc3ccccc3)cc2)c1C. The molecule has 4 aromatic rings. The van der Waals surface area contributed by atoms with Crippen LogP contribution < -0.4 is 5.43 Å². The Morgan fingerprint density at radius 2 is 1.59 bits per heavy atom. The van der Waals surface area contributed by atoms with Crippen LogP contribution in [0.5, 0.6) is 0 Å². The van der Waals surface area contributed by atoms with E-state index in [1.54, 1.807) is 18.0 Å². The highest BCUT2D eigenvalue weighted by atomic mass is 32.2. The van der Waals surface area contributed by atoms with E-state index in [9.17, 15) is 4.79 Å². The first kappa shape index (κ1) is 23.6. The summed E-state index contributed by atoms with van der Waals surface area (Å²) in [7, 11) is 0. The van der Waals surface area contributed by atoms with E-state index in [-0.39, 0.29) is 5.91 Å². The number of para-hydroxylation sites is 1. The predicted octanol–water partition coefficient (Wildman–Crippen LogP) is 6.77. The number of amides is 1. The summed E-state index contributed by atoms with van der Waals surface area (Å²) in [6.07, 6.45) is 1.72. The number of thioether (sulfide) groups is 1. The van der Waals surface area contributed by atoms with Crippen molar-refractivity contribution >= 4 is 23.9 Å². The van der Waals surface area contributed by atoms with Crippen molar-refractivity contribution in [1.82, 2.24) is 9.99 Å². The van der Waals surface area contributed by atoms with Gasteiger partial charge in [0.1, 0.15) is 0 Å². The van der Waals surface area contributed by atoms with Crippen molar-refractivity contribution in [2.24, 2.45) is 5.10 Å². The highest BCUT2D eigenvalue weighted by molar-refractivity contribution is 7.98. The zero-order chi connectivity index (χ0) is 24.1. The molecular formula is C29H29N3OS. The molecule has 4 rings (SSSR count). The number of aromatic nitrogens is 1. The molecule has 0 saturated heterocycles. The van der Waals surface area contributed by atoms with Crippen molar-refractivity contribution in [3.05, 3.63) is 118 Å². The van der Waals surface area contributed by atoms with Crippen LogP contribution in [0.4, 0.5) is 0 Å². The third-order valence-corrected chi connectivity index (χ3v) is 6.95. The Bertz CT molecular complexity index is 1300. The van der Waals surface area contributed by atoms with Crippen molar-refractivity contribution in [3.63, 3.8) is 0 Å². The van der Waals surface area contributed by atoms with Gasteiger partial charge in [0.25, 0.3) is 5.91 Å². The molecule has 172 valence electrons. The summed E-state index contributed by atoms with van der Waals surface area (Å²) in [5.41, 5.74) is 11.3. The molecule has 5 heteroatoms. The first-order chi connectivity index (χ1) is 16.4. The molecule has 0 saturated carbocycles. The molecule has 34 heavy (non-hydrogen) atoms. The van der Waals surface area contributed by atoms with Gasteiger partial charge in [0.05, 0.1) is 11.9 Å². The van der Waals surface area contributed by atoms with Crippen LogP contribution in [0.25, 0.3) is 5.69 Å². The molecule has 4 nitrogen and oxygen atoms in total. The van der Waals surface area contributed by atoms with E-state index in [4.69, 9.17) is 0 Å². The third kappa shape index (κ3) is 5.32. The van der Waals surface area contributed by atoms with Crippen LogP contribution in [0.1, 0.15) is 44.0 Å². The van der Waals surface area contributed by atoms with Gasteiger partial charge in [-0.05, 0) is 74.7 Å². The second-order valence-electron chi connectivity index (χ2n) is 8.40. The van der Waals surface area contributed by atoms with Crippen molar-refractivity contribution in [1.29, 1.82) is 0 Å². The Hall–Kier alpha value is -3.57. The largest absolute Gasteiger partial charge is 0.317 e. The Morgan fingerprint density at radius 1 is 0.912 bits per heavy atom. The Kier molecular flexibility index (Phi) is 7.33. The smallest absolute Gasteiger partial charge is 0.271 e. The lowest BCUT2D eigenvalue weighted by Gasteiger charge is -2.15. The standard InChI is InChI=1S/C29H29N3OS/c1-20-9-8-10-21(2)28(20)32-22(3)17-26(23(32)4)18-30-31-29(33)25-15-13-24(14-16-25)19-34-27-11-6-5-7-12-27/h5-18H,19H2,1-4H3,(H,31,33)/b30-18-. The molecule has 0 spiro atoms. The van der Waals surface area contributed by atoms with Crippen LogP contribution in [0.2, 0.25) is 0 Å². The van der Waals surface area contributed by atoms with Crippen molar-refractivity contribution < 1.29 is 4.79 Å². The average molecular weight is 468 g/mol. The molecule has 0 aliphatic carbocycles. The minimum Gasteiger partial charge on any atom is -0.317 e. The van der Waals surface area contributed by atoms with Gasteiger partial charge < -0.3 is 4.57 Å². The quantitative estimate of drug-likeness (QED) is 0.185. The maximum Gasteiger partial charge on any atom is 0.271 e. The fourth-order valence-electron chi connectivity index (χ4n) is 4.08. The van der Waals surface area contributed by atoms with Crippen LogP contribution in [0, 0.1) is 27.7 Å². The van der Waals surface area contributed by atoms with Crippen LogP contribution >= 0.6 is 11.8 Å². The van der Waals surface area contributed by atoms with Gasteiger partial charge in [-0.25, -0.2) is 5.43 Å². The maximum absolute atomic E-state index is 12.6. The number of rotatable bonds is 7. The fraction of sp³-hybridized carbons (Fsp3) is 0.172. The molecule has 0 aliphatic heterocycles. The molecular weight excluding hydrogens is 438 g/mol. The molecule has 0 atom stereocenters. The highest BCUT2D eigenvalue weighted by Crippen LogP contribution is 2.25. The van der Waals surface area contributed by atoms with Crippen molar-refractivity contribution in [2.75, 3.05) is 0 Å². The van der Waals surface area contributed by atoms with Gasteiger partial charge in [0.2, 0.25) is 0 Å². The molecule has 0 radical (unpaired) electrons. The number of aryl methyl sites for hydroxylation is 3. The van der Waals surface area contributed by atoms with Gasteiger partial charge >= 0.3 is 0 Å². The summed E-state index contributed by atoms with van der Waals surface area (Å²) >= 11 is 1.78. The van der Waals surface area contributed by atoms with Crippen molar-refractivity contribution in [2.45, 2.75) is 38.3 Å². The normalized spacial score (nSPS) is 11.2. The number of carbonyl (C=O) groups is 1. The summed E-state index contributed by atoms with van der Waals surface area (Å²) in [5, 5.41) is 4.23. The van der Waals surface area contributed by atoms with E-state index in [0.29, 0.717) is 5.56 Å². The number of hydrogen-bond acceptors (Lipinski definition) is 3. The van der Waals surface area contributed by atoms with Gasteiger partial charge in [-0.15, -0.1) is 11.8 Å². The van der Waals surface area contributed by atoms with E-state index in [0.717, 1.165) is 22.7 Å². The molecule has 1 N–H and O–H groups in total. The number of hydrazone groups is 1. The number of benzene rings is 3.